The number of benzene rings is 1. The standard InChI is InChI=1S/C27H33Cl2N3O5S/c1-4-21(16-31(3)38(36,37)22-9-10-22)32-25(17-5-7-19(28)8-6-17)23(18-11-20(29)15-30-14-18)12-27(2,26(32)35)13-24(33)34/h5-8,11,14-15,21-23,25H,4,9-10,12-13,16H2,1-3H3,(H,33,34). The molecule has 1 aliphatic heterocycles. The number of aromatic nitrogens is 1. The van der Waals surface area contributed by atoms with Crippen LogP contribution in [0, 0.1) is 5.41 Å². The topological polar surface area (TPSA) is 108 Å². The van der Waals surface area contributed by atoms with Crippen molar-refractivity contribution in [1.82, 2.24) is 14.2 Å². The van der Waals surface area contributed by atoms with Gasteiger partial charge in [0.05, 0.1) is 28.2 Å². The fraction of sp³-hybridized carbons (Fsp3) is 0.519. The Labute approximate surface area is 234 Å². The summed E-state index contributed by atoms with van der Waals surface area (Å²) in [4.78, 5) is 32.2. The van der Waals surface area contributed by atoms with Gasteiger partial charge < -0.3 is 10.0 Å². The minimum atomic E-state index is -3.48. The molecular formula is C27H33Cl2N3O5S. The second kappa shape index (κ2) is 11.1. The lowest BCUT2D eigenvalue weighted by Gasteiger charge is -2.52. The number of rotatable bonds is 10. The van der Waals surface area contributed by atoms with Crippen molar-refractivity contribution in [3.8, 4) is 0 Å². The second-order valence-corrected chi connectivity index (χ2v) is 13.9. The van der Waals surface area contributed by atoms with E-state index in [9.17, 15) is 23.1 Å². The summed E-state index contributed by atoms with van der Waals surface area (Å²) in [5.41, 5.74) is 0.375. The van der Waals surface area contributed by atoms with Gasteiger partial charge in [0, 0.05) is 43.0 Å². The Bertz CT molecular complexity index is 1300. The molecule has 206 valence electrons. The Morgan fingerprint density at radius 1 is 1.18 bits per heavy atom. The van der Waals surface area contributed by atoms with Crippen LogP contribution in [0.15, 0.2) is 42.7 Å². The van der Waals surface area contributed by atoms with E-state index < -0.39 is 33.5 Å². The highest BCUT2D eigenvalue weighted by atomic mass is 35.5. The van der Waals surface area contributed by atoms with Gasteiger partial charge in [-0.3, -0.25) is 14.6 Å². The Hall–Kier alpha value is -2.20. The number of piperidine rings is 1. The first kappa shape index (κ1) is 28.8. The third-order valence-electron chi connectivity index (χ3n) is 7.72. The number of carboxylic acid groups (broad SMARTS) is 1. The molecule has 1 aliphatic carbocycles. The van der Waals surface area contributed by atoms with E-state index in [1.54, 1.807) is 43.3 Å². The molecule has 11 heteroatoms. The van der Waals surface area contributed by atoms with Crippen LogP contribution in [-0.2, 0) is 19.6 Å². The Balaban J connectivity index is 1.86. The van der Waals surface area contributed by atoms with Crippen LogP contribution in [0.5, 0.6) is 0 Å². The first-order chi connectivity index (χ1) is 17.9. The third kappa shape index (κ3) is 5.86. The molecule has 1 aromatic carbocycles. The number of amides is 1. The molecule has 38 heavy (non-hydrogen) atoms. The van der Waals surface area contributed by atoms with E-state index in [-0.39, 0.29) is 36.5 Å². The highest BCUT2D eigenvalue weighted by Gasteiger charge is 2.53. The van der Waals surface area contributed by atoms with E-state index in [0.29, 0.717) is 29.3 Å². The van der Waals surface area contributed by atoms with Crippen LogP contribution in [0.3, 0.4) is 0 Å². The number of carboxylic acids is 1. The summed E-state index contributed by atoms with van der Waals surface area (Å²) < 4.78 is 27.4. The van der Waals surface area contributed by atoms with E-state index in [2.05, 4.69) is 4.98 Å². The summed E-state index contributed by atoms with van der Waals surface area (Å²) in [5, 5.41) is 10.4. The minimum absolute atomic E-state index is 0.106. The fourth-order valence-electron chi connectivity index (χ4n) is 5.61. The van der Waals surface area contributed by atoms with Crippen LogP contribution < -0.4 is 0 Å². The van der Waals surface area contributed by atoms with Gasteiger partial charge in [0.1, 0.15) is 0 Å². The summed E-state index contributed by atoms with van der Waals surface area (Å²) in [7, 11) is -1.93. The fourth-order valence-corrected chi connectivity index (χ4v) is 7.54. The molecule has 2 heterocycles. The van der Waals surface area contributed by atoms with Crippen molar-refractivity contribution < 1.29 is 23.1 Å². The van der Waals surface area contributed by atoms with Crippen molar-refractivity contribution in [2.75, 3.05) is 13.6 Å². The monoisotopic (exact) mass is 581 g/mol. The van der Waals surface area contributed by atoms with Crippen LogP contribution in [0.4, 0.5) is 0 Å². The molecule has 1 amide bonds. The number of carbonyl (C=O) groups is 2. The first-order valence-electron chi connectivity index (χ1n) is 12.7. The van der Waals surface area contributed by atoms with Crippen molar-refractivity contribution in [1.29, 1.82) is 0 Å². The van der Waals surface area contributed by atoms with E-state index in [1.165, 1.54) is 10.5 Å². The number of likely N-dealkylation sites (N-methyl/N-ethyl adjacent to an activating group) is 1. The second-order valence-electron chi connectivity index (χ2n) is 10.7. The maximum absolute atomic E-state index is 14.3. The van der Waals surface area contributed by atoms with Gasteiger partial charge in [-0.25, -0.2) is 12.7 Å². The van der Waals surface area contributed by atoms with Crippen molar-refractivity contribution in [2.45, 2.75) is 69.2 Å². The van der Waals surface area contributed by atoms with Gasteiger partial charge in [-0.05, 0) is 55.0 Å². The van der Waals surface area contributed by atoms with E-state index in [1.807, 2.05) is 19.1 Å². The number of halogens is 2. The molecule has 4 atom stereocenters. The molecule has 0 radical (unpaired) electrons. The van der Waals surface area contributed by atoms with Crippen LogP contribution >= 0.6 is 23.2 Å². The summed E-state index contributed by atoms with van der Waals surface area (Å²) in [5.74, 6) is -1.73. The molecule has 0 bridgehead atoms. The Morgan fingerprint density at radius 2 is 1.84 bits per heavy atom. The lowest BCUT2D eigenvalue weighted by atomic mass is 9.67. The average Bonchev–Trinajstić information content (AvgIpc) is 3.70. The molecule has 4 unspecified atom stereocenters. The maximum atomic E-state index is 14.3. The van der Waals surface area contributed by atoms with Crippen LogP contribution in [0.25, 0.3) is 0 Å². The molecule has 1 N–H and O–H groups in total. The lowest BCUT2D eigenvalue weighted by Crippen LogP contribution is -2.58. The van der Waals surface area contributed by atoms with Gasteiger partial charge in [0.2, 0.25) is 15.9 Å². The smallest absolute Gasteiger partial charge is 0.304 e. The predicted molar refractivity (Wildman–Crippen MR) is 147 cm³/mol. The van der Waals surface area contributed by atoms with Gasteiger partial charge in [-0.1, -0.05) is 49.2 Å². The summed E-state index contributed by atoms with van der Waals surface area (Å²) in [6.07, 6.45) is 4.88. The SMILES string of the molecule is CCC(CN(C)S(=O)(=O)C1CC1)N1C(=O)C(C)(CC(=O)O)CC(c2cncc(Cl)c2)C1c1ccc(Cl)cc1. The van der Waals surface area contributed by atoms with Crippen molar-refractivity contribution in [3.05, 3.63) is 63.9 Å². The lowest BCUT2D eigenvalue weighted by molar-refractivity contribution is -0.160. The molecular weight excluding hydrogens is 549 g/mol. The largest absolute Gasteiger partial charge is 0.481 e. The summed E-state index contributed by atoms with van der Waals surface area (Å²) in [6, 6.07) is 8.01. The number of hydrogen-bond acceptors (Lipinski definition) is 5. The van der Waals surface area contributed by atoms with Crippen molar-refractivity contribution >= 4 is 45.1 Å². The number of carbonyl (C=O) groups excluding carboxylic acids is 1. The highest BCUT2D eigenvalue weighted by molar-refractivity contribution is 7.90. The van der Waals surface area contributed by atoms with Crippen LogP contribution in [-0.4, -0.2) is 64.5 Å². The maximum Gasteiger partial charge on any atom is 0.304 e. The minimum Gasteiger partial charge on any atom is -0.481 e. The molecule has 0 spiro atoms. The van der Waals surface area contributed by atoms with Gasteiger partial charge in [-0.15, -0.1) is 0 Å². The zero-order valence-corrected chi connectivity index (χ0v) is 24.0. The highest BCUT2D eigenvalue weighted by Crippen LogP contribution is 2.52. The average molecular weight is 583 g/mol. The summed E-state index contributed by atoms with van der Waals surface area (Å²) in [6.45, 7) is 3.69. The van der Waals surface area contributed by atoms with Gasteiger partial charge in [0.15, 0.2) is 0 Å². The quantitative estimate of drug-likeness (QED) is 0.416. The zero-order chi connectivity index (χ0) is 27.8. The molecule has 2 aliphatic rings. The zero-order valence-electron chi connectivity index (χ0n) is 21.7. The van der Waals surface area contributed by atoms with Gasteiger partial charge in [-0.2, -0.15) is 0 Å². The van der Waals surface area contributed by atoms with Crippen molar-refractivity contribution in [2.24, 2.45) is 5.41 Å². The van der Waals surface area contributed by atoms with Crippen molar-refractivity contribution in [3.63, 3.8) is 0 Å². The van der Waals surface area contributed by atoms with Gasteiger partial charge in [0.25, 0.3) is 0 Å². The number of nitrogens with zero attached hydrogens (tertiary/aromatic N) is 3. The third-order valence-corrected chi connectivity index (χ3v) is 10.5. The summed E-state index contributed by atoms with van der Waals surface area (Å²) >= 11 is 12.5. The molecule has 2 fully saturated rings. The Kier molecular flexibility index (Phi) is 8.43. The van der Waals surface area contributed by atoms with Crippen LogP contribution in [0.1, 0.15) is 69.0 Å². The molecule has 4 rings (SSSR count). The van der Waals surface area contributed by atoms with Gasteiger partial charge >= 0.3 is 5.97 Å². The first-order valence-corrected chi connectivity index (χ1v) is 15.0. The molecule has 1 saturated carbocycles. The van der Waals surface area contributed by atoms with E-state index >= 15 is 0 Å². The Morgan fingerprint density at radius 3 is 2.39 bits per heavy atom. The molecule has 8 nitrogen and oxygen atoms in total. The number of hydrogen-bond donors (Lipinski definition) is 1. The number of likely N-dealkylation sites (tertiary alicyclic amines) is 1. The van der Waals surface area contributed by atoms with Crippen LogP contribution in [0.2, 0.25) is 10.0 Å². The molecule has 1 saturated heterocycles. The number of aliphatic carboxylic acids is 1. The van der Waals surface area contributed by atoms with E-state index in [4.69, 9.17) is 23.2 Å². The number of pyridine rings is 1. The molecule has 2 aromatic rings. The van der Waals surface area contributed by atoms with E-state index in [0.717, 1.165) is 11.1 Å². The number of sulfonamides is 1. The molecule has 1 aromatic heterocycles. The predicted octanol–water partition coefficient (Wildman–Crippen LogP) is 5.13. The normalized spacial score (nSPS) is 25.0.